The summed E-state index contributed by atoms with van der Waals surface area (Å²) in [7, 11) is 0. The van der Waals surface area contributed by atoms with Gasteiger partial charge in [-0.05, 0) is 44.4 Å². The van der Waals surface area contributed by atoms with Crippen LogP contribution in [0.4, 0.5) is 14.6 Å². The van der Waals surface area contributed by atoms with Gasteiger partial charge in [0.05, 0.1) is 5.56 Å². The first-order valence-electron chi connectivity index (χ1n) is 8.44. The highest BCUT2D eigenvalue weighted by Gasteiger charge is 2.20. The van der Waals surface area contributed by atoms with Crippen molar-refractivity contribution in [3.05, 3.63) is 35.7 Å². The number of fused-ring (bicyclic) bond motifs is 1. The van der Waals surface area contributed by atoms with Gasteiger partial charge in [0.25, 0.3) is 0 Å². The lowest BCUT2D eigenvalue weighted by Gasteiger charge is -2.08. The molecule has 0 aliphatic carbocycles. The number of nitrogen functional groups attached to an aromatic ring is 1. The van der Waals surface area contributed by atoms with Gasteiger partial charge in [-0.3, -0.25) is 0 Å². The lowest BCUT2D eigenvalue weighted by Crippen LogP contribution is -2.14. The number of hydrogen-bond acceptors (Lipinski definition) is 5. The van der Waals surface area contributed by atoms with E-state index >= 15 is 0 Å². The minimum absolute atomic E-state index is 0. The van der Waals surface area contributed by atoms with Crippen LogP contribution < -0.4 is 5.73 Å². The molecule has 0 aliphatic heterocycles. The lowest BCUT2D eigenvalue weighted by atomic mass is 10.1. The highest BCUT2D eigenvalue weighted by atomic mass is 35.5. The number of anilines is 1. The summed E-state index contributed by atoms with van der Waals surface area (Å²) in [5.74, 6) is 4.54. The first kappa shape index (κ1) is 21.5. The average Bonchev–Trinajstić information content (AvgIpc) is 2.94. The van der Waals surface area contributed by atoms with Gasteiger partial charge in [0.1, 0.15) is 23.1 Å². The van der Waals surface area contributed by atoms with Crippen molar-refractivity contribution in [1.82, 2.24) is 19.5 Å². The van der Waals surface area contributed by atoms with E-state index in [1.165, 1.54) is 13.8 Å². The molecule has 3 aromatic rings. The van der Waals surface area contributed by atoms with Gasteiger partial charge in [-0.15, -0.1) is 12.4 Å². The number of nitrogens with zero attached hydrogens (tertiary/aromatic N) is 4. The van der Waals surface area contributed by atoms with Gasteiger partial charge in [0.2, 0.25) is 5.82 Å². The third-order valence-electron chi connectivity index (χ3n) is 3.72. The van der Waals surface area contributed by atoms with Crippen LogP contribution in [-0.2, 0) is 6.54 Å². The number of imidazole rings is 1. The van der Waals surface area contributed by atoms with Crippen molar-refractivity contribution < 1.29 is 13.9 Å². The van der Waals surface area contributed by atoms with Crippen molar-refractivity contribution in [2.24, 2.45) is 0 Å². The van der Waals surface area contributed by atoms with Crippen LogP contribution in [0.2, 0.25) is 0 Å². The van der Waals surface area contributed by atoms with Crippen molar-refractivity contribution in [2.45, 2.75) is 39.3 Å². The van der Waals surface area contributed by atoms with Gasteiger partial charge in [-0.25, -0.2) is 23.7 Å². The SMILES string of the molecule is CCCn1c(-c2cc(F)ccc2F)nc2c(N)nc(C#CC(C)(C)O)nc21.Cl. The quantitative estimate of drug-likeness (QED) is 0.650. The molecule has 0 fully saturated rings. The third kappa shape index (κ3) is 4.38. The number of hydrogen-bond donors (Lipinski definition) is 2. The van der Waals surface area contributed by atoms with Gasteiger partial charge in [-0.2, -0.15) is 0 Å². The second kappa shape index (κ2) is 8.09. The fourth-order valence-corrected chi connectivity index (χ4v) is 2.60. The second-order valence-corrected chi connectivity index (χ2v) is 6.62. The number of rotatable bonds is 3. The number of benzene rings is 1. The normalized spacial score (nSPS) is 11.1. The maximum atomic E-state index is 14.3. The molecule has 2 heterocycles. The molecule has 2 aromatic heterocycles. The summed E-state index contributed by atoms with van der Waals surface area (Å²) in [6.07, 6.45) is 0.712. The molecular weight excluding hydrogens is 388 g/mol. The Bertz CT molecular complexity index is 1080. The standard InChI is InChI=1S/C19H19F2N5O.ClH/c1-4-9-26-17(12-10-11(20)5-6-13(12)21)25-15-16(22)23-14(24-18(15)26)7-8-19(2,3)27;/h5-6,10,27H,4,9H2,1-3H3,(H2,22,23,24);1H. The molecule has 0 atom stereocenters. The Morgan fingerprint density at radius 2 is 1.93 bits per heavy atom. The van der Waals surface area contributed by atoms with Crippen molar-refractivity contribution in [3.63, 3.8) is 0 Å². The molecule has 0 saturated heterocycles. The van der Waals surface area contributed by atoms with E-state index in [-0.39, 0.29) is 41.0 Å². The summed E-state index contributed by atoms with van der Waals surface area (Å²) < 4.78 is 29.6. The maximum Gasteiger partial charge on any atom is 0.209 e. The number of aromatic nitrogens is 4. The van der Waals surface area contributed by atoms with Crippen molar-refractivity contribution in [2.75, 3.05) is 5.73 Å². The Kier molecular flexibility index (Phi) is 6.22. The van der Waals surface area contributed by atoms with Gasteiger partial charge in [0, 0.05) is 6.54 Å². The van der Waals surface area contributed by atoms with Crippen LogP contribution in [0.15, 0.2) is 18.2 Å². The van der Waals surface area contributed by atoms with Gasteiger partial charge < -0.3 is 15.4 Å². The molecule has 0 amide bonds. The molecule has 1 aromatic carbocycles. The fourth-order valence-electron chi connectivity index (χ4n) is 2.60. The van der Waals surface area contributed by atoms with Gasteiger partial charge in [-0.1, -0.05) is 12.8 Å². The van der Waals surface area contributed by atoms with Gasteiger partial charge in [0.15, 0.2) is 17.0 Å². The largest absolute Gasteiger partial charge is 0.382 e. The van der Waals surface area contributed by atoms with Crippen LogP contribution >= 0.6 is 12.4 Å². The number of halogens is 3. The van der Waals surface area contributed by atoms with Crippen molar-refractivity contribution >= 4 is 29.4 Å². The zero-order valence-corrected chi connectivity index (χ0v) is 16.4. The Hall–Kier alpha value is -2.76. The molecule has 3 N–H and O–H groups in total. The minimum atomic E-state index is -1.22. The molecular formula is C19H20ClF2N5O. The first-order chi connectivity index (χ1) is 12.7. The van der Waals surface area contributed by atoms with E-state index in [1.807, 2.05) is 6.92 Å². The molecule has 9 heteroatoms. The Labute approximate surface area is 167 Å². The summed E-state index contributed by atoms with van der Waals surface area (Å²) in [4.78, 5) is 12.8. The molecule has 28 heavy (non-hydrogen) atoms. The first-order valence-corrected chi connectivity index (χ1v) is 8.44. The average molecular weight is 408 g/mol. The van der Waals surface area contributed by atoms with Crippen LogP contribution in [0.25, 0.3) is 22.6 Å². The molecule has 0 aliphatic rings. The zero-order valence-electron chi connectivity index (χ0n) is 15.6. The number of aliphatic hydroxyl groups is 1. The predicted octanol–water partition coefficient (Wildman–Crippen LogP) is 3.31. The van der Waals surface area contributed by atoms with E-state index in [0.717, 1.165) is 18.2 Å². The lowest BCUT2D eigenvalue weighted by molar-refractivity contribution is 0.143. The van der Waals surface area contributed by atoms with E-state index in [1.54, 1.807) is 4.57 Å². The second-order valence-electron chi connectivity index (χ2n) is 6.62. The summed E-state index contributed by atoms with van der Waals surface area (Å²) in [6.45, 7) is 5.48. The fraction of sp³-hybridized carbons (Fsp3) is 0.316. The summed E-state index contributed by atoms with van der Waals surface area (Å²) in [5, 5.41) is 9.75. The summed E-state index contributed by atoms with van der Waals surface area (Å²) >= 11 is 0. The highest BCUT2D eigenvalue weighted by molar-refractivity contribution is 5.86. The molecule has 0 spiro atoms. The number of aryl methyl sites for hydroxylation is 1. The molecule has 0 radical (unpaired) electrons. The summed E-state index contributed by atoms with van der Waals surface area (Å²) in [6, 6.07) is 3.18. The predicted molar refractivity (Wildman–Crippen MR) is 106 cm³/mol. The highest BCUT2D eigenvalue weighted by Crippen LogP contribution is 2.29. The molecule has 0 bridgehead atoms. The zero-order chi connectivity index (χ0) is 19.8. The van der Waals surface area contributed by atoms with Crippen LogP contribution in [0.5, 0.6) is 0 Å². The van der Waals surface area contributed by atoms with Crippen LogP contribution in [0.3, 0.4) is 0 Å². The van der Waals surface area contributed by atoms with Crippen molar-refractivity contribution in [1.29, 1.82) is 0 Å². The molecule has 3 rings (SSSR count). The topological polar surface area (TPSA) is 89.9 Å². The van der Waals surface area contributed by atoms with Gasteiger partial charge >= 0.3 is 0 Å². The monoisotopic (exact) mass is 407 g/mol. The van der Waals surface area contributed by atoms with E-state index < -0.39 is 17.2 Å². The number of nitrogens with two attached hydrogens (primary N) is 1. The van der Waals surface area contributed by atoms with Crippen LogP contribution in [-0.4, -0.2) is 30.2 Å². The molecule has 0 saturated carbocycles. The summed E-state index contributed by atoms with van der Waals surface area (Å²) in [5.41, 5.74) is 5.46. The smallest absolute Gasteiger partial charge is 0.209 e. The van der Waals surface area contributed by atoms with Crippen molar-refractivity contribution in [3.8, 4) is 23.2 Å². The van der Waals surface area contributed by atoms with E-state index in [9.17, 15) is 13.9 Å². The Morgan fingerprint density at radius 3 is 2.57 bits per heavy atom. The van der Waals surface area contributed by atoms with E-state index in [2.05, 4.69) is 26.8 Å². The van der Waals surface area contributed by atoms with E-state index in [4.69, 9.17) is 5.73 Å². The molecule has 0 unspecified atom stereocenters. The van der Waals surface area contributed by atoms with E-state index in [0.29, 0.717) is 18.6 Å². The van der Waals surface area contributed by atoms with Crippen LogP contribution in [0, 0.1) is 23.5 Å². The Balaban J connectivity index is 0.00000280. The Morgan fingerprint density at radius 1 is 1.21 bits per heavy atom. The minimum Gasteiger partial charge on any atom is -0.382 e. The maximum absolute atomic E-state index is 14.3. The van der Waals surface area contributed by atoms with Crippen LogP contribution in [0.1, 0.15) is 33.0 Å². The third-order valence-corrected chi connectivity index (χ3v) is 3.72. The molecule has 6 nitrogen and oxygen atoms in total. The molecule has 148 valence electrons.